The second-order valence-electron chi connectivity index (χ2n) is 4.18. The molecule has 106 valence electrons. The quantitative estimate of drug-likeness (QED) is 0.640. The van der Waals surface area contributed by atoms with Crippen molar-refractivity contribution in [2.45, 2.75) is 25.6 Å². The van der Waals surface area contributed by atoms with Gasteiger partial charge in [0, 0.05) is 30.4 Å². The lowest BCUT2D eigenvalue weighted by Gasteiger charge is -2.15. The molecule has 0 aliphatic carbocycles. The average molecular weight is 277 g/mol. The third-order valence-corrected chi connectivity index (χ3v) is 2.43. The van der Waals surface area contributed by atoms with Gasteiger partial charge in [-0.15, -0.1) is 0 Å². The molecule has 0 aromatic heterocycles. The van der Waals surface area contributed by atoms with Crippen molar-refractivity contribution < 1.29 is 18.1 Å². The van der Waals surface area contributed by atoms with Crippen molar-refractivity contribution in [1.82, 2.24) is 0 Å². The van der Waals surface area contributed by atoms with Gasteiger partial charge >= 0.3 is 6.18 Å². The fourth-order valence-electron chi connectivity index (χ4n) is 1.47. The molecule has 0 spiro atoms. The number of nitrogens with zero attached hydrogens (tertiary/aromatic N) is 1. The Morgan fingerprint density at radius 1 is 1.47 bits per heavy atom. The average Bonchev–Trinajstić information content (AvgIpc) is 2.27. The zero-order valence-corrected chi connectivity index (χ0v) is 10.2. The molecule has 19 heavy (non-hydrogen) atoms. The van der Waals surface area contributed by atoms with Gasteiger partial charge in [-0.2, -0.15) is 13.2 Å². The number of nitrogens with one attached hydrogen (secondary N) is 1. The molecule has 0 amide bonds. The zero-order valence-electron chi connectivity index (χ0n) is 10.2. The van der Waals surface area contributed by atoms with Crippen LogP contribution >= 0.6 is 0 Å². The first-order valence-corrected chi connectivity index (χ1v) is 5.57. The standard InChI is InChI=1S/C11H14F3N3O2/c1-7(15)4-5-16-10-3-2-8(17(18)19)6-9(10)11(12,13)14/h2-3,6-7,16H,4-5,15H2,1H3. The van der Waals surface area contributed by atoms with Gasteiger partial charge < -0.3 is 11.1 Å². The van der Waals surface area contributed by atoms with Gasteiger partial charge in [-0.25, -0.2) is 0 Å². The van der Waals surface area contributed by atoms with Gasteiger partial charge in [0.2, 0.25) is 0 Å². The Labute approximate surface area is 107 Å². The number of benzene rings is 1. The summed E-state index contributed by atoms with van der Waals surface area (Å²) in [5.74, 6) is 0. The molecule has 0 saturated carbocycles. The van der Waals surface area contributed by atoms with Crippen molar-refractivity contribution in [2.24, 2.45) is 5.73 Å². The molecule has 1 aromatic rings. The minimum atomic E-state index is -4.65. The van der Waals surface area contributed by atoms with E-state index >= 15 is 0 Å². The summed E-state index contributed by atoms with van der Waals surface area (Å²) >= 11 is 0. The maximum atomic E-state index is 12.8. The maximum absolute atomic E-state index is 12.8. The van der Waals surface area contributed by atoms with Crippen molar-refractivity contribution >= 4 is 11.4 Å². The number of alkyl halides is 3. The molecule has 1 atom stereocenters. The Kier molecular flexibility index (Phi) is 4.71. The largest absolute Gasteiger partial charge is 0.418 e. The monoisotopic (exact) mass is 277 g/mol. The minimum Gasteiger partial charge on any atom is -0.384 e. The molecule has 0 aliphatic heterocycles. The highest BCUT2D eigenvalue weighted by Gasteiger charge is 2.35. The molecule has 5 nitrogen and oxygen atoms in total. The van der Waals surface area contributed by atoms with E-state index in [0.717, 1.165) is 12.1 Å². The minimum absolute atomic E-state index is 0.139. The summed E-state index contributed by atoms with van der Waals surface area (Å²) in [5, 5.41) is 13.1. The Morgan fingerprint density at radius 3 is 2.58 bits per heavy atom. The lowest BCUT2D eigenvalue weighted by atomic mass is 10.1. The van der Waals surface area contributed by atoms with Gasteiger partial charge in [0.25, 0.3) is 5.69 Å². The normalized spacial score (nSPS) is 13.1. The van der Waals surface area contributed by atoms with E-state index in [9.17, 15) is 23.3 Å². The van der Waals surface area contributed by atoms with E-state index in [1.165, 1.54) is 0 Å². The second-order valence-corrected chi connectivity index (χ2v) is 4.18. The number of anilines is 1. The predicted octanol–water partition coefficient (Wildman–Crippen LogP) is 2.76. The number of non-ortho nitro benzene ring substituents is 1. The van der Waals surface area contributed by atoms with Gasteiger partial charge in [-0.05, 0) is 19.4 Å². The van der Waals surface area contributed by atoms with Crippen LogP contribution in [0.5, 0.6) is 0 Å². The summed E-state index contributed by atoms with van der Waals surface area (Å²) in [5.41, 5.74) is 3.67. The number of nitro groups is 1. The van der Waals surface area contributed by atoms with Crippen LogP contribution in [0.2, 0.25) is 0 Å². The van der Waals surface area contributed by atoms with E-state index in [4.69, 9.17) is 5.73 Å². The molecule has 1 rings (SSSR count). The van der Waals surface area contributed by atoms with Gasteiger partial charge in [0.05, 0.1) is 10.5 Å². The molecule has 0 radical (unpaired) electrons. The molecule has 0 bridgehead atoms. The van der Waals surface area contributed by atoms with Crippen LogP contribution in [0.1, 0.15) is 18.9 Å². The first-order chi connectivity index (χ1) is 8.71. The Balaban J connectivity index is 3.00. The molecule has 8 heteroatoms. The molecular weight excluding hydrogens is 263 g/mol. The van der Waals surface area contributed by atoms with Crippen LogP contribution in [0.3, 0.4) is 0 Å². The first kappa shape index (κ1) is 15.2. The third-order valence-electron chi connectivity index (χ3n) is 2.43. The lowest BCUT2D eigenvalue weighted by Crippen LogP contribution is -2.20. The first-order valence-electron chi connectivity index (χ1n) is 5.57. The maximum Gasteiger partial charge on any atom is 0.418 e. The van der Waals surface area contributed by atoms with E-state index in [2.05, 4.69) is 5.32 Å². The van der Waals surface area contributed by atoms with Gasteiger partial charge in [-0.1, -0.05) is 0 Å². The number of hydrogen-bond donors (Lipinski definition) is 2. The summed E-state index contributed by atoms with van der Waals surface area (Å²) < 4.78 is 38.4. The summed E-state index contributed by atoms with van der Waals surface area (Å²) in [7, 11) is 0. The molecule has 3 N–H and O–H groups in total. The zero-order chi connectivity index (χ0) is 14.6. The Morgan fingerprint density at radius 2 is 2.11 bits per heavy atom. The van der Waals surface area contributed by atoms with E-state index < -0.39 is 22.4 Å². The van der Waals surface area contributed by atoms with Gasteiger partial charge in [-0.3, -0.25) is 10.1 Å². The summed E-state index contributed by atoms with van der Waals surface area (Å²) in [6, 6.07) is 2.47. The van der Waals surface area contributed by atoms with Gasteiger partial charge in [0.15, 0.2) is 0 Å². The number of halogens is 3. The van der Waals surface area contributed by atoms with E-state index in [1.54, 1.807) is 6.92 Å². The van der Waals surface area contributed by atoms with E-state index in [-0.39, 0.29) is 18.3 Å². The topological polar surface area (TPSA) is 81.2 Å². The van der Waals surface area contributed by atoms with Crippen LogP contribution < -0.4 is 11.1 Å². The van der Waals surface area contributed by atoms with Crippen LogP contribution in [0, 0.1) is 10.1 Å². The van der Waals surface area contributed by atoms with Crippen molar-refractivity contribution in [3.8, 4) is 0 Å². The van der Waals surface area contributed by atoms with Crippen LogP contribution in [0.4, 0.5) is 24.5 Å². The third kappa shape index (κ3) is 4.40. The van der Waals surface area contributed by atoms with E-state index in [1.807, 2.05) is 0 Å². The van der Waals surface area contributed by atoms with Crippen molar-refractivity contribution in [3.63, 3.8) is 0 Å². The molecule has 0 fully saturated rings. The summed E-state index contributed by atoms with van der Waals surface area (Å²) in [4.78, 5) is 9.64. The molecule has 0 aliphatic rings. The van der Waals surface area contributed by atoms with Crippen LogP contribution in [0.25, 0.3) is 0 Å². The van der Waals surface area contributed by atoms with E-state index in [0.29, 0.717) is 12.5 Å². The highest BCUT2D eigenvalue weighted by molar-refractivity contribution is 5.57. The van der Waals surface area contributed by atoms with Crippen molar-refractivity contribution in [1.29, 1.82) is 0 Å². The highest BCUT2D eigenvalue weighted by Crippen LogP contribution is 2.37. The Hall–Kier alpha value is -1.83. The molecule has 0 saturated heterocycles. The second kappa shape index (κ2) is 5.87. The van der Waals surface area contributed by atoms with Crippen LogP contribution in [-0.2, 0) is 6.18 Å². The molecule has 1 aromatic carbocycles. The SMILES string of the molecule is CC(N)CCNc1ccc([N+](=O)[O-])cc1C(F)(F)F. The van der Waals surface area contributed by atoms with Crippen LogP contribution in [-0.4, -0.2) is 17.5 Å². The number of rotatable bonds is 5. The number of hydrogen-bond acceptors (Lipinski definition) is 4. The van der Waals surface area contributed by atoms with Crippen molar-refractivity contribution in [2.75, 3.05) is 11.9 Å². The molecular formula is C11H14F3N3O2. The number of nitro benzene ring substituents is 1. The van der Waals surface area contributed by atoms with Gasteiger partial charge in [0.1, 0.15) is 0 Å². The fourth-order valence-corrected chi connectivity index (χ4v) is 1.47. The fraction of sp³-hybridized carbons (Fsp3) is 0.455. The summed E-state index contributed by atoms with van der Waals surface area (Å²) in [6.07, 6.45) is -4.16. The molecule has 1 unspecified atom stereocenters. The summed E-state index contributed by atoms with van der Waals surface area (Å²) in [6.45, 7) is 2.00. The Bertz CT molecular complexity index is 461. The highest BCUT2D eigenvalue weighted by atomic mass is 19.4. The predicted molar refractivity (Wildman–Crippen MR) is 64.9 cm³/mol. The smallest absolute Gasteiger partial charge is 0.384 e. The lowest BCUT2D eigenvalue weighted by molar-refractivity contribution is -0.385. The van der Waals surface area contributed by atoms with Crippen LogP contribution in [0.15, 0.2) is 18.2 Å². The number of nitrogens with two attached hydrogens (primary N) is 1. The van der Waals surface area contributed by atoms with Crippen molar-refractivity contribution in [3.05, 3.63) is 33.9 Å². The molecule has 0 heterocycles.